The van der Waals surface area contributed by atoms with E-state index < -0.39 is 6.09 Å². The van der Waals surface area contributed by atoms with Crippen LogP contribution in [0.4, 0.5) is 4.79 Å². The van der Waals surface area contributed by atoms with Crippen LogP contribution < -0.4 is 0 Å². The zero-order valence-electron chi connectivity index (χ0n) is 9.53. The topological polar surface area (TPSA) is 60.8 Å². The molecule has 86 valence electrons. The fourth-order valence-corrected chi connectivity index (χ4v) is 3.26. The van der Waals surface area contributed by atoms with E-state index in [4.69, 9.17) is 0 Å². The van der Waals surface area contributed by atoms with Crippen LogP contribution in [0.3, 0.4) is 0 Å². The second-order valence-electron chi connectivity index (χ2n) is 5.91. The predicted molar refractivity (Wildman–Crippen MR) is 55.6 cm³/mol. The van der Waals surface area contributed by atoms with Crippen LogP contribution in [0.25, 0.3) is 0 Å². The Hall–Kier alpha value is -0.770. The second-order valence-corrected chi connectivity index (χ2v) is 5.91. The highest BCUT2D eigenvalue weighted by Gasteiger charge is 2.61. The van der Waals surface area contributed by atoms with Crippen molar-refractivity contribution in [2.75, 3.05) is 6.54 Å². The number of piperidine rings is 1. The molecule has 1 saturated heterocycles. The highest BCUT2D eigenvalue weighted by atomic mass is 16.4. The van der Waals surface area contributed by atoms with Gasteiger partial charge in [-0.1, -0.05) is 20.8 Å². The monoisotopic (exact) mass is 213 g/mol. The van der Waals surface area contributed by atoms with Crippen LogP contribution in [-0.2, 0) is 0 Å². The Kier molecular flexibility index (Phi) is 2.06. The van der Waals surface area contributed by atoms with Gasteiger partial charge in [0.15, 0.2) is 0 Å². The second kappa shape index (κ2) is 2.88. The molecular weight excluding hydrogens is 194 g/mol. The highest BCUT2D eigenvalue weighted by molar-refractivity contribution is 5.67. The van der Waals surface area contributed by atoms with E-state index in [9.17, 15) is 15.0 Å². The molecular formula is C11H19NO3. The van der Waals surface area contributed by atoms with Crippen LogP contribution in [0.1, 0.15) is 33.6 Å². The van der Waals surface area contributed by atoms with Gasteiger partial charge in [0.2, 0.25) is 0 Å². The van der Waals surface area contributed by atoms with Crippen molar-refractivity contribution in [3.63, 3.8) is 0 Å². The standard InChI is InChI=1S/C11H19NO3/c1-10(2,3)11-4-7(8(13)5-11)6-12(11)9(14)15/h7-8,13H,4-6H2,1-3H3,(H,14,15)/t7-,8+,11-/m0/s1. The SMILES string of the molecule is CC(C)(C)[C@@]12C[C@@H](CN1C(=O)O)[C@H](O)C2. The number of amides is 1. The smallest absolute Gasteiger partial charge is 0.407 e. The molecule has 0 aromatic heterocycles. The third-order valence-electron chi connectivity index (χ3n) is 4.25. The van der Waals surface area contributed by atoms with Gasteiger partial charge >= 0.3 is 6.09 Å². The Balaban J connectivity index is 2.37. The molecule has 2 rings (SSSR count). The molecule has 15 heavy (non-hydrogen) atoms. The summed E-state index contributed by atoms with van der Waals surface area (Å²) in [5.74, 6) is 0.139. The van der Waals surface area contributed by atoms with Crippen molar-refractivity contribution >= 4 is 6.09 Å². The van der Waals surface area contributed by atoms with Gasteiger partial charge in [-0.3, -0.25) is 0 Å². The molecule has 4 heteroatoms. The van der Waals surface area contributed by atoms with E-state index in [2.05, 4.69) is 20.8 Å². The van der Waals surface area contributed by atoms with Crippen LogP contribution >= 0.6 is 0 Å². The Morgan fingerprint density at radius 3 is 2.40 bits per heavy atom. The largest absolute Gasteiger partial charge is 0.465 e. The molecule has 1 amide bonds. The number of fused-ring (bicyclic) bond motifs is 2. The van der Waals surface area contributed by atoms with Gasteiger partial charge in [0.05, 0.1) is 11.6 Å². The van der Waals surface area contributed by atoms with Gasteiger partial charge in [0.25, 0.3) is 0 Å². The van der Waals surface area contributed by atoms with Crippen molar-refractivity contribution in [3.05, 3.63) is 0 Å². The third kappa shape index (κ3) is 1.27. The first-order valence-electron chi connectivity index (χ1n) is 5.46. The van der Waals surface area contributed by atoms with Crippen molar-refractivity contribution in [1.82, 2.24) is 4.90 Å². The Bertz CT molecular complexity index is 293. The maximum atomic E-state index is 11.2. The molecule has 1 aliphatic carbocycles. The molecule has 2 bridgehead atoms. The van der Waals surface area contributed by atoms with E-state index in [0.717, 1.165) is 6.42 Å². The molecule has 2 N–H and O–H groups in total. The number of carboxylic acid groups (broad SMARTS) is 1. The quantitative estimate of drug-likeness (QED) is 0.641. The van der Waals surface area contributed by atoms with Gasteiger partial charge in [-0.15, -0.1) is 0 Å². The molecule has 0 radical (unpaired) electrons. The van der Waals surface area contributed by atoms with Crippen molar-refractivity contribution < 1.29 is 15.0 Å². The lowest BCUT2D eigenvalue weighted by Gasteiger charge is -2.47. The molecule has 2 fully saturated rings. The molecule has 1 aliphatic heterocycles. The lowest BCUT2D eigenvalue weighted by molar-refractivity contribution is -0.0116. The predicted octanol–water partition coefficient (Wildman–Crippen LogP) is 1.54. The normalized spacial score (nSPS) is 39.9. The van der Waals surface area contributed by atoms with Crippen molar-refractivity contribution in [2.45, 2.75) is 45.3 Å². The maximum Gasteiger partial charge on any atom is 0.407 e. The highest BCUT2D eigenvalue weighted by Crippen LogP contribution is 2.55. The van der Waals surface area contributed by atoms with Crippen molar-refractivity contribution in [3.8, 4) is 0 Å². The summed E-state index contributed by atoms with van der Waals surface area (Å²) < 4.78 is 0. The van der Waals surface area contributed by atoms with E-state index >= 15 is 0 Å². The number of aliphatic hydroxyl groups is 1. The minimum atomic E-state index is -0.848. The minimum Gasteiger partial charge on any atom is -0.465 e. The van der Waals surface area contributed by atoms with Crippen LogP contribution in [0.15, 0.2) is 0 Å². The molecule has 0 aromatic carbocycles. The number of carbonyl (C=O) groups is 1. The molecule has 4 nitrogen and oxygen atoms in total. The van der Waals surface area contributed by atoms with Crippen LogP contribution in [-0.4, -0.2) is 39.4 Å². The zero-order valence-corrected chi connectivity index (χ0v) is 9.53. The third-order valence-corrected chi connectivity index (χ3v) is 4.25. The minimum absolute atomic E-state index is 0.113. The summed E-state index contributed by atoms with van der Waals surface area (Å²) in [5.41, 5.74) is -0.472. The Labute approximate surface area is 89.9 Å². The van der Waals surface area contributed by atoms with Crippen LogP contribution in [0.5, 0.6) is 0 Å². The average molecular weight is 213 g/mol. The van der Waals surface area contributed by atoms with Crippen LogP contribution in [0, 0.1) is 11.3 Å². The molecule has 1 heterocycles. The first-order chi connectivity index (χ1) is 6.78. The van der Waals surface area contributed by atoms with E-state index in [1.807, 2.05) is 0 Å². The van der Waals surface area contributed by atoms with Gasteiger partial charge in [0, 0.05) is 12.5 Å². The van der Waals surface area contributed by atoms with E-state index in [1.165, 1.54) is 0 Å². The fraction of sp³-hybridized carbons (Fsp3) is 0.909. The van der Waals surface area contributed by atoms with Crippen molar-refractivity contribution in [1.29, 1.82) is 0 Å². The number of aliphatic hydroxyl groups excluding tert-OH is 1. The Morgan fingerprint density at radius 1 is 1.40 bits per heavy atom. The number of hydrogen-bond acceptors (Lipinski definition) is 2. The first-order valence-corrected chi connectivity index (χ1v) is 5.46. The molecule has 2 aliphatic rings. The lowest BCUT2D eigenvalue weighted by atomic mass is 9.72. The number of likely N-dealkylation sites (tertiary alicyclic amines) is 1. The number of hydrogen-bond donors (Lipinski definition) is 2. The molecule has 3 atom stereocenters. The van der Waals surface area contributed by atoms with E-state index in [1.54, 1.807) is 4.90 Å². The zero-order chi connectivity index (χ0) is 11.4. The summed E-state index contributed by atoms with van der Waals surface area (Å²) in [6.07, 6.45) is 0.233. The summed E-state index contributed by atoms with van der Waals surface area (Å²) >= 11 is 0. The summed E-state index contributed by atoms with van der Waals surface area (Å²) in [6.45, 7) is 6.67. The molecule has 0 unspecified atom stereocenters. The van der Waals surface area contributed by atoms with Gasteiger partial charge in [-0.2, -0.15) is 0 Å². The summed E-state index contributed by atoms with van der Waals surface area (Å²) in [4.78, 5) is 12.7. The molecule has 0 aromatic rings. The van der Waals surface area contributed by atoms with Crippen molar-refractivity contribution in [2.24, 2.45) is 11.3 Å². The van der Waals surface area contributed by atoms with Gasteiger partial charge < -0.3 is 15.1 Å². The fourth-order valence-electron chi connectivity index (χ4n) is 3.26. The van der Waals surface area contributed by atoms with E-state index in [-0.39, 0.29) is 23.0 Å². The van der Waals surface area contributed by atoms with E-state index in [0.29, 0.717) is 13.0 Å². The number of nitrogens with zero attached hydrogens (tertiary/aromatic N) is 1. The number of rotatable bonds is 0. The first kappa shape index (κ1) is 10.7. The molecule has 0 spiro atoms. The van der Waals surface area contributed by atoms with Crippen LogP contribution in [0.2, 0.25) is 0 Å². The Morgan fingerprint density at radius 2 is 2.00 bits per heavy atom. The maximum absolute atomic E-state index is 11.2. The van der Waals surface area contributed by atoms with Gasteiger partial charge in [-0.05, 0) is 18.3 Å². The van der Waals surface area contributed by atoms with Gasteiger partial charge in [-0.25, -0.2) is 4.79 Å². The lowest BCUT2D eigenvalue weighted by Crippen LogP contribution is -2.57. The summed E-state index contributed by atoms with van der Waals surface area (Å²) in [7, 11) is 0. The van der Waals surface area contributed by atoms with Gasteiger partial charge in [0.1, 0.15) is 0 Å². The molecule has 1 saturated carbocycles. The summed E-state index contributed by atoms with van der Waals surface area (Å²) in [6, 6.07) is 0. The summed E-state index contributed by atoms with van der Waals surface area (Å²) in [5, 5.41) is 19.0. The average Bonchev–Trinajstić information content (AvgIpc) is 2.57.